The summed E-state index contributed by atoms with van der Waals surface area (Å²) in [5.41, 5.74) is 4.37. The Kier molecular flexibility index (Phi) is 6.49. The first kappa shape index (κ1) is 23.2. The molecule has 1 amide bonds. The van der Waals surface area contributed by atoms with E-state index in [1.807, 2.05) is 65.0 Å². The highest BCUT2D eigenvalue weighted by Gasteiger charge is 2.21. The van der Waals surface area contributed by atoms with E-state index < -0.39 is 5.97 Å². The molecule has 0 fully saturated rings. The van der Waals surface area contributed by atoms with Crippen molar-refractivity contribution in [3.63, 3.8) is 0 Å². The highest BCUT2D eigenvalue weighted by molar-refractivity contribution is 6.04. The van der Waals surface area contributed by atoms with Gasteiger partial charge in [0, 0.05) is 18.2 Å². The van der Waals surface area contributed by atoms with Gasteiger partial charge in [-0.2, -0.15) is 5.10 Å². The van der Waals surface area contributed by atoms with Crippen LogP contribution in [0.3, 0.4) is 0 Å². The summed E-state index contributed by atoms with van der Waals surface area (Å²) >= 11 is 0. The molecule has 0 spiro atoms. The van der Waals surface area contributed by atoms with Gasteiger partial charge in [-0.1, -0.05) is 29.8 Å². The van der Waals surface area contributed by atoms with E-state index in [-0.39, 0.29) is 18.6 Å². The van der Waals surface area contributed by atoms with Crippen LogP contribution in [-0.4, -0.2) is 33.2 Å². The van der Waals surface area contributed by atoms with E-state index in [9.17, 15) is 9.59 Å². The van der Waals surface area contributed by atoms with Crippen LogP contribution in [0.1, 0.15) is 52.9 Å². The number of furan rings is 1. The number of nitrogens with one attached hydrogen (secondary N) is 1. The number of esters is 1. The Morgan fingerprint density at radius 1 is 1.12 bits per heavy atom. The molecule has 34 heavy (non-hydrogen) atoms. The van der Waals surface area contributed by atoms with Crippen molar-refractivity contribution in [2.45, 2.75) is 47.2 Å². The van der Waals surface area contributed by atoms with Crippen molar-refractivity contribution in [3.05, 3.63) is 70.8 Å². The Labute approximate surface area is 197 Å². The normalized spacial score (nSPS) is 11.2. The lowest BCUT2D eigenvalue weighted by Crippen LogP contribution is -2.28. The number of hydrogen-bond acceptors (Lipinski definition) is 6. The highest BCUT2D eigenvalue weighted by atomic mass is 16.5. The number of aromatic nitrogens is 3. The summed E-state index contributed by atoms with van der Waals surface area (Å²) in [6, 6.07) is 11.4. The molecule has 1 aromatic carbocycles. The van der Waals surface area contributed by atoms with Crippen LogP contribution in [0.4, 0.5) is 0 Å². The molecule has 176 valence electrons. The van der Waals surface area contributed by atoms with Crippen LogP contribution in [0.15, 0.2) is 47.0 Å². The van der Waals surface area contributed by atoms with Crippen molar-refractivity contribution in [3.8, 4) is 11.3 Å². The molecule has 0 aliphatic heterocycles. The number of hydrogen-bond donors (Lipinski definition) is 1. The van der Waals surface area contributed by atoms with E-state index >= 15 is 0 Å². The van der Waals surface area contributed by atoms with Gasteiger partial charge in [0.1, 0.15) is 11.5 Å². The standard InChI is InChI=1S/C26H28N4O4/c1-15(2)30-25-22(13-28-30)21(11-23(29-25)20-10-17(4)34-18(20)5)26(32)33-14-24(31)27-12-19-8-6-16(3)7-9-19/h6-11,13,15H,12,14H2,1-5H3,(H,27,31). The third-order valence-corrected chi connectivity index (χ3v) is 5.54. The maximum Gasteiger partial charge on any atom is 0.339 e. The second-order valence-electron chi connectivity index (χ2n) is 8.64. The van der Waals surface area contributed by atoms with E-state index in [1.165, 1.54) is 0 Å². The number of carbonyl (C=O) groups excluding carboxylic acids is 2. The van der Waals surface area contributed by atoms with Gasteiger partial charge in [-0.3, -0.25) is 4.79 Å². The molecule has 1 N–H and O–H groups in total. The molecule has 0 aliphatic carbocycles. The Bertz CT molecular complexity index is 1350. The highest BCUT2D eigenvalue weighted by Crippen LogP contribution is 2.30. The minimum atomic E-state index is -0.611. The molecule has 0 atom stereocenters. The maximum absolute atomic E-state index is 13.0. The fourth-order valence-corrected chi connectivity index (χ4v) is 3.75. The number of aryl methyl sites for hydroxylation is 3. The van der Waals surface area contributed by atoms with Crippen LogP contribution < -0.4 is 5.32 Å². The fraction of sp³-hybridized carbons (Fsp3) is 0.308. The van der Waals surface area contributed by atoms with Gasteiger partial charge in [-0.25, -0.2) is 14.5 Å². The lowest BCUT2D eigenvalue weighted by atomic mass is 10.1. The number of fused-ring (bicyclic) bond motifs is 1. The molecule has 8 heteroatoms. The van der Waals surface area contributed by atoms with Crippen molar-refractivity contribution >= 4 is 22.9 Å². The average molecular weight is 461 g/mol. The third-order valence-electron chi connectivity index (χ3n) is 5.54. The number of rotatable bonds is 7. The van der Waals surface area contributed by atoms with E-state index in [1.54, 1.807) is 16.9 Å². The fourth-order valence-electron chi connectivity index (χ4n) is 3.75. The van der Waals surface area contributed by atoms with E-state index in [0.29, 0.717) is 34.6 Å². The van der Waals surface area contributed by atoms with Gasteiger partial charge in [-0.15, -0.1) is 0 Å². The molecule has 0 saturated carbocycles. The number of pyridine rings is 1. The van der Waals surface area contributed by atoms with Crippen LogP contribution in [0.25, 0.3) is 22.3 Å². The van der Waals surface area contributed by atoms with Crippen LogP contribution in [0.5, 0.6) is 0 Å². The van der Waals surface area contributed by atoms with E-state index in [2.05, 4.69) is 10.4 Å². The van der Waals surface area contributed by atoms with Gasteiger partial charge >= 0.3 is 5.97 Å². The summed E-state index contributed by atoms with van der Waals surface area (Å²) in [7, 11) is 0. The van der Waals surface area contributed by atoms with Crippen LogP contribution in [0.2, 0.25) is 0 Å². The minimum Gasteiger partial charge on any atom is -0.466 e. The summed E-state index contributed by atoms with van der Waals surface area (Å²) in [6.07, 6.45) is 1.60. The number of amides is 1. The molecule has 8 nitrogen and oxygen atoms in total. The van der Waals surface area contributed by atoms with Crippen molar-refractivity contribution in [1.29, 1.82) is 0 Å². The average Bonchev–Trinajstić information content (AvgIpc) is 3.38. The van der Waals surface area contributed by atoms with Gasteiger partial charge in [-0.05, 0) is 52.3 Å². The zero-order valence-corrected chi connectivity index (χ0v) is 20.0. The second kappa shape index (κ2) is 9.51. The zero-order valence-electron chi connectivity index (χ0n) is 20.0. The first-order valence-corrected chi connectivity index (χ1v) is 11.2. The quantitative estimate of drug-likeness (QED) is 0.402. The number of ether oxygens (including phenoxy) is 1. The monoisotopic (exact) mass is 460 g/mol. The van der Waals surface area contributed by atoms with Crippen molar-refractivity contribution in [2.75, 3.05) is 6.61 Å². The van der Waals surface area contributed by atoms with Gasteiger partial charge < -0.3 is 14.5 Å². The molecular weight excluding hydrogens is 432 g/mol. The summed E-state index contributed by atoms with van der Waals surface area (Å²) in [5, 5.41) is 7.75. The van der Waals surface area contributed by atoms with Gasteiger partial charge in [0.2, 0.25) is 0 Å². The van der Waals surface area contributed by atoms with Crippen molar-refractivity contribution < 1.29 is 18.7 Å². The Morgan fingerprint density at radius 3 is 2.50 bits per heavy atom. The summed E-state index contributed by atoms with van der Waals surface area (Å²) in [5.74, 6) is 0.467. The number of carbonyl (C=O) groups is 2. The smallest absolute Gasteiger partial charge is 0.339 e. The number of benzene rings is 1. The van der Waals surface area contributed by atoms with Crippen LogP contribution >= 0.6 is 0 Å². The van der Waals surface area contributed by atoms with Gasteiger partial charge in [0.25, 0.3) is 5.91 Å². The molecule has 0 unspecified atom stereocenters. The lowest BCUT2D eigenvalue weighted by Gasteiger charge is -2.11. The second-order valence-corrected chi connectivity index (χ2v) is 8.64. The van der Waals surface area contributed by atoms with Crippen molar-refractivity contribution in [2.24, 2.45) is 0 Å². The van der Waals surface area contributed by atoms with E-state index in [0.717, 1.165) is 22.5 Å². The predicted octanol–water partition coefficient (Wildman–Crippen LogP) is 4.67. The number of nitrogens with zero attached hydrogens (tertiary/aromatic N) is 3. The van der Waals surface area contributed by atoms with Crippen LogP contribution in [-0.2, 0) is 16.1 Å². The predicted molar refractivity (Wildman–Crippen MR) is 128 cm³/mol. The molecule has 4 rings (SSSR count). The molecular formula is C26H28N4O4. The molecule has 0 bridgehead atoms. The van der Waals surface area contributed by atoms with E-state index in [4.69, 9.17) is 14.1 Å². The molecule has 4 aromatic rings. The Morgan fingerprint density at radius 2 is 1.85 bits per heavy atom. The van der Waals surface area contributed by atoms with Gasteiger partial charge in [0.15, 0.2) is 12.3 Å². The first-order chi connectivity index (χ1) is 16.2. The molecule has 0 saturated heterocycles. The first-order valence-electron chi connectivity index (χ1n) is 11.2. The molecule has 0 aliphatic rings. The largest absolute Gasteiger partial charge is 0.466 e. The summed E-state index contributed by atoms with van der Waals surface area (Å²) in [6.45, 7) is 9.67. The van der Waals surface area contributed by atoms with Gasteiger partial charge in [0.05, 0.1) is 22.8 Å². The molecule has 3 aromatic heterocycles. The summed E-state index contributed by atoms with van der Waals surface area (Å²) < 4.78 is 12.8. The summed E-state index contributed by atoms with van der Waals surface area (Å²) in [4.78, 5) is 30.1. The zero-order chi connectivity index (χ0) is 24.4. The van der Waals surface area contributed by atoms with Crippen LogP contribution in [0, 0.1) is 20.8 Å². The molecule has 3 heterocycles. The third kappa shape index (κ3) is 4.85. The Balaban J connectivity index is 1.56. The SMILES string of the molecule is Cc1ccc(CNC(=O)COC(=O)c2cc(-c3cc(C)oc3C)nc3c2cnn3C(C)C)cc1. The van der Waals surface area contributed by atoms with Crippen molar-refractivity contribution in [1.82, 2.24) is 20.1 Å². The lowest BCUT2D eigenvalue weighted by molar-refractivity contribution is -0.124. The molecule has 0 radical (unpaired) electrons. The maximum atomic E-state index is 13.0. The minimum absolute atomic E-state index is 0.0452. The Hall–Kier alpha value is -3.94. The topological polar surface area (TPSA) is 99.2 Å².